The van der Waals surface area contributed by atoms with Gasteiger partial charge in [0.15, 0.2) is 5.96 Å². The second kappa shape index (κ2) is 12.2. The predicted octanol–water partition coefficient (Wildman–Crippen LogP) is 1.49. The Labute approximate surface area is 181 Å². The first-order chi connectivity index (χ1) is 14.4. The van der Waals surface area contributed by atoms with Gasteiger partial charge in [-0.15, -0.1) is 0 Å². The Morgan fingerprint density at radius 1 is 1.30 bits per heavy atom. The van der Waals surface area contributed by atoms with Crippen LogP contribution in [-0.4, -0.2) is 83.2 Å². The topological polar surface area (TPSA) is 86.3 Å². The summed E-state index contributed by atoms with van der Waals surface area (Å²) in [7, 11) is -2.01. The SMILES string of the molecule is CCNC(=NCc1cccc(S(=O)(=O)NCCOC)c1)N1CCC(N(CC)CC)C1. The largest absolute Gasteiger partial charge is 0.383 e. The standard InChI is InChI=1S/C21H37N5O3S/c1-5-22-21(26-13-11-19(17-26)25(6-2)7-3)23-16-18-9-8-10-20(15-18)30(27,28)24-12-14-29-4/h8-10,15,19,24H,5-7,11-14,16-17H2,1-4H3,(H,22,23). The van der Waals surface area contributed by atoms with Gasteiger partial charge in [-0.3, -0.25) is 4.90 Å². The number of sulfonamides is 1. The van der Waals surface area contributed by atoms with E-state index >= 15 is 0 Å². The molecule has 1 saturated heterocycles. The number of benzene rings is 1. The summed E-state index contributed by atoms with van der Waals surface area (Å²) in [5.74, 6) is 0.888. The number of nitrogens with one attached hydrogen (secondary N) is 2. The predicted molar refractivity (Wildman–Crippen MR) is 121 cm³/mol. The molecule has 1 aromatic rings. The summed E-state index contributed by atoms with van der Waals surface area (Å²) in [5.41, 5.74) is 0.861. The van der Waals surface area contributed by atoms with E-state index in [0.29, 0.717) is 19.2 Å². The van der Waals surface area contributed by atoms with Crippen LogP contribution in [0.3, 0.4) is 0 Å². The van der Waals surface area contributed by atoms with Crippen LogP contribution in [0, 0.1) is 0 Å². The molecule has 0 amide bonds. The van der Waals surface area contributed by atoms with E-state index in [1.807, 2.05) is 6.07 Å². The highest BCUT2D eigenvalue weighted by atomic mass is 32.2. The highest BCUT2D eigenvalue weighted by molar-refractivity contribution is 7.89. The number of hydrogen-bond acceptors (Lipinski definition) is 5. The lowest BCUT2D eigenvalue weighted by Gasteiger charge is -2.27. The summed E-state index contributed by atoms with van der Waals surface area (Å²) >= 11 is 0. The Morgan fingerprint density at radius 2 is 2.07 bits per heavy atom. The van der Waals surface area contributed by atoms with E-state index in [1.54, 1.807) is 25.3 Å². The lowest BCUT2D eigenvalue weighted by atomic mass is 10.2. The summed E-state index contributed by atoms with van der Waals surface area (Å²) < 4.78 is 32.3. The number of likely N-dealkylation sites (N-methyl/N-ethyl adjacent to an activating group) is 1. The summed E-state index contributed by atoms with van der Waals surface area (Å²) in [5, 5.41) is 3.38. The molecule has 2 rings (SSSR count). The number of hydrogen-bond donors (Lipinski definition) is 2. The molecule has 1 fully saturated rings. The van der Waals surface area contributed by atoms with Crippen LogP contribution in [0.1, 0.15) is 32.8 Å². The number of likely N-dealkylation sites (tertiary alicyclic amines) is 1. The van der Waals surface area contributed by atoms with Crippen LogP contribution < -0.4 is 10.0 Å². The van der Waals surface area contributed by atoms with Gasteiger partial charge in [0.2, 0.25) is 10.0 Å². The number of nitrogens with zero attached hydrogens (tertiary/aromatic N) is 3. The van der Waals surface area contributed by atoms with E-state index in [2.05, 4.69) is 40.6 Å². The molecule has 1 aliphatic heterocycles. The van der Waals surface area contributed by atoms with E-state index < -0.39 is 10.0 Å². The third-order valence-electron chi connectivity index (χ3n) is 5.34. The smallest absolute Gasteiger partial charge is 0.240 e. The second-order valence-corrected chi connectivity index (χ2v) is 9.08. The van der Waals surface area contributed by atoms with Crippen molar-refractivity contribution in [2.24, 2.45) is 4.99 Å². The molecule has 170 valence electrons. The van der Waals surface area contributed by atoms with Gasteiger partial charge in [0.25, 0.3) is 0 Å². The zero-order valence-corrected chi connectivity index (χ0v) is 19.5. The van der Waals surface area contributed by atoms with Crippen LogP contribution >= 0.6 is 0 Å². The number of ether oxygens (including phenoxy) is 1. The molecule has 8 nitrogen and oxygen atoms in total. The van der Waals surface area contributed by atoms with Crippen LogP contribution in [0.15, 0.2) is 34.2 Å². The third-order valence-corrected chi connectivity index (χ3v) is 6.80. The fourth-order valence-corrected chi connectivity index (χ4v) is 4.82. The Balaban J connectivity index is 2.08. The van der Waals surface area contributed by atoms with Crippen molar-refractivity contribution in [1.29, 1.82) is 0 Å². The molecule has 1 atom stereocenters. The molecular weight excluding hydrogens is 402 g/mol. The van der Waals surface area contributed by atoms with Gasteiger partial charge < -0.3 is 15.0 Å². The average Bonchev–Trinajstić information content (AvgIpc) is 3.22. The summed E-state index contributed by atoms with van der Waals surface area (Å²) in [6, 6.07) is 7.50. The zero-order chi connectivity index (χ0) is 22.0. The number of rotatable bonds is 11. The van der Waals surface area contributed by atoms with Crippen LogP contribution in [0.5, 0.6) is 0 Å². The van der Waals surface area contributed by atoms with Crippen molar-refractivity contribution >= 4 is 16.0 Å². The molecule has 2 N–H and O–H groups in total. The molecule has 0 spiro atoms. The van der Waals surface area contributed by atoms with Crippen LogP contribution in [0.2, 0.25) is 0 Å². The Kier molecular flexibility index (Phi) is 10.0. The third kappa shape index (κ3) is 6.94. The van der Waals surface area contributed by atoms with Crippen molar-refractivity contribution in [3.05, 3.63) is 29.8 Å². The number of aliphatic imine (C=N–C) groups is 1. The minimum absolute atomic E-state index is 0.244. The molecule has 0 saturated carbocycles. The maximum Gasteiger partial charge on any atom is 0.240 e. The van der Waals surface area contributed by atoms with E-state index in [0.717, 1.165) is 50.7 Å². The van der Waals surface area contributed by atoms with E-state index in [4.69, 9.17) is 9.73 Å². The van der Waals surface area contributed by atoms with Gasteiger partial charge in [0.05, 0.1) is 18.0 Å². The van der Waals surface area contributed by atoms with Crippen LogP contribution in [-0.2, 0) is 21.3 Å². The minimum atomic E-state index is -3.55. The van der Waals surface area contributed by atoms with Crippen LogP contribution in [0.4, 0.5) is 0 Å². The van der Waals surface area contributed by atoms with Gasteiger partial charge in [-0.2, -0.15) is 0 Å². The molecule has 0 radical (unpaired) electrons. The van der Waals surface area contributed by atoms with Crippen molar-refractivity contribution in [2.45, 2.75) is 44.7 Å². The molecular formula is C21H37N5O3S. The minimum Gasteiger partial charge on any atom is -0.383 e. The first kappa shape index (κ1) is 24.6. The van der Waals surface area contributed by atoms with Crippen LogP contribution in [0.25, 0.3) is 0 Å². The van der Waals surface area contributed by atoms with Crippen molar-refractivity contribution in [2.75, 3.05) is 53.0 Å². The zero-order valence-electron chi connectivity index (χ0n) is 18.7. The Bertz CT molecular complexity index is 781. The molecule has 9 heteroatoms. The Hall–Kier alpha value is -1.68. The summed E-state index contributed by atoms with van der Waals surface area (Å²) in [6.07, 6.45) is 1.13. The second-order valence-electron chi connectivity index (χ2n) is 7.32. The number of methoxy groups -OCH3 is 1. The Morgan fingerprint density at radius 3 is 2.73 bits per heavy atom. The lowest BCUT2D eigenvalue weighted by molar-refractivity contribution is 0.204. The van der Waals surface area contributed by atoms with Gasteiger partial charge in [-0.05, 0) is 44.1 Å². The van der Waals surface area contributed by atoms with Gasteiger partial charge in [0.1, 0.15) is 0 Å². The molecule has 0 aromatic heterocycles. The molecule has 1 aliphatic rings. The molecule has 1 aromatic carbocycles. The fourth-order valence-electron chi connectivity index (χ4n) is 3.74. The van der Waals surface area contributed by atoms with E-state index in [9.17, 15) is 8.42 Å². The van der Waals surface area contributed by atoms with Gasteiger partial charge in [0, 0.05) is 39.3 Å². The molecule has 1 unspecified atom stereocenters. The molecule has 0 aliphatic carbocycles. The van der Waals surface area contributed by atoms with Gasteiger partial charge in [-0.1, -0.05) is 26.0 Å². The number of guanidine groups is 1. The first-order valence-electron chi connectivity index (χ1n) is 10.8. The van der Waals surface area contributed by atoms with Crippen molar-refractivity contribution in [3.8, 4) is 0 Å². The maximum atomic E-state index is 12.4. The highest BCUT2D eigenvalue weighted by Crippen LogP contribution is 2.17. The van der Waals surface area contributed by atoms with Crippen molar-refractivity contribution in [3.63, 3.8) is 0 Å². The normalized spacial score (nSPS) is 17.7. The fraction of sp³-hybridized carbons (Fsp3) is 0.667. The van der Waals surface area contributed by atoms with Gasteiger partial charge in [-0.25, -0.2) is 18.1 Å². The first-order valence-corrected chi connectivity index (χ1v) is 12.3. The monoisotopic (exact) mass is 439 g/mol. The van der Waals surface area contributed by atoms with E-state index in [-0.39, 0.29) is 11.4 Å². The quantitative estimate of drug-likeness (QED) is 0.309. The lowest BCUT2D eigenvalue weighted by Crippen LogP contribution is -2.43. The van der Waals surface area contributed by atoms with Crippen molar-refractivity contribution < 1.29 is 13.2 Å². The summed E-state index contributed by atoms with van der Waals surface area (Å²) in [4.78, 5) is 9.84. The highest BCUT2D eigenvalue weighted by Gasteiger charge is 2.28. The average molecular weight is 440 g/mol. The summed E-state index contributed by atoms with van der Waals surface area (Å²) in [6.45, 7) is 12.3. The van der Waals surface area contributed by atoms with Crippen molar-refractivity contribution in [1.82, 2.24) is 19.8 Å². The molecule has 30 heavy (non-hydrogen) atoms. The van der Waals surface area contributed by atoms with Gasteiger partial charge >= 0.3 is 0 Å². The molecule has 1 heterocycles. The maximum absolute atomic E-state index is 12.4. The van der Waals surface area contributed by atoms with E-state index in [1.165, 1.54) is 0 Å². The molecule has 0 bridgehead atoms.